The van der Waals surface area contributed by atoms with Gasteiger partial charge in [0.2, 0.25) is 0 Å². The molecule has 0 bridgehead atoms. The molecule has 0 spiro atoms. The zero-order valence-corrected chi connectivity index (χ0v) is 11.6. The molecule has 1 nitrogen and oxygen atoms in total. The van der Waals surface area contributed by atoms with Gasteiger partial charge >= 0.3 is 0 Å². The number of hydrogen-bond donors (Lipinski definition) is 1. The van der Waals surface area contributed by atoms with Crippen molar-refractivity contribution in [1.82, 2.24) is 5.32 Å². The molecule has 1 rings (SSSR count). The highest BCUT2D eigenvalue weighted by atomic mass is 14.8. The van der Waals surface area contributed by atoms with Crippen LogP contribution in [0.4, 0.5) is 0 Å². The molecule has 0 fully saturated rings. The van der Waals surface area contributed by atoms with Crippen LogP contribution >= 0.6 is 0 Å². The summed E-state index contributed by atoms with van der Waals surface area (Å²) in [5.41, 5.74) is 2.98. The van der Waals surface area contributed by atoms with Gasteiger partial charge < -0.3 is 5.32 Å². The number of aryl methyl sites for hydroxylation is 1. The summed E-state index contributed by atoms with van der Waals surface area (Å²) in [6.07, 6.45) is 4.89. The topological polar surface area (TPSA) is 12.0 Å². The second kappa shape index (κ2) is 8.30. The van der Waals surface area contributed by atoms with Crippen molar-refractivity contribution in [1.29, 1.82) is 0 Å². The number of benzene rings is 1. The van der Waals surface area contributed by atoms with Crippen molar-refractivity contribution >= 4 is 0 Å². The first-order valence-corrected chi connectivity index (χ1v) is 7.07. The minimum absolute atomic E-state index is 0.663. The van der Waals surface area contributed by atoms with E-state index in [9.17, 15) is 0 Å². The Bertz CT molecular complexity index is 306. The van der Waals surface area contributed by atoms with Crippen molar-refractivity contribution in [2.45, 2.75) is 52.4 Å². The van der Waals surface area contributed by atoms with E-state index in [1.54, 1.807) is 0 Å². The zero-order valence-electron chi connectivity index (χ0n) is 11.6. The van der Waals surface area contributed by atoms with E-state index in [1.165, 1.54) is 36.8 Å². The Hall–Kier alpha value is -0.820. The van der Waals surface area contributed by atoms with Crippen molar-refractivity contribution < 1.29 is 0 Å². The summed E-state index contributed by atoms with van der Waals surface area (Å²) in [7, 11) is 0. The van der Waals surface area contributed by atoms with Crippen LogP contribution in [-0.4, -0.2) is 13.1 Å². The van der Waals surface area contributed by atoms with Crippen molar-refractivity contribution in [3.63, 3.8) is 0 Å². The maximum atomic E-state index is 3.48. The Kier molecular flexibility index (Phi) is 6.95. The Morgan fingerprint density at radius 1 is 1.12 bits per heavy atom. The molecule has 0 saturated heterocycles. The Labute approximate surface area is 107 Å². The van der Waals surface area contributed by atoms with Crippen molar-refractivity contribution in [2.24, 2.45) is 0 Å². The van der Waals surface area contributed by atoms with E-state index in [-0.39, 0.29) is 0 Å². The fraction of sp³-hybridized carbons (Fsp3) is 0.625. The van der Waals surface area contributed by atoms with Crippen LogP contribution in [0.5, 0.6) is 0 Å². The van der Waals surface area contributed by atoms with Crippen LogP contribution in [0.3, 0.4) is 0 Å². The van der Waals surface area contributed by atoms with Gasteiger partial charge in [-0.15, -0.1) is 0 Å². The smallest absolute Gasteiger partial charge is 0.00432 e. The van der Waals surface area contributed by atoms with Gasteiger partial charge in [0.25, 0.3) is 0 Å². The molecule has 0 aliphatic rings. The maximum absolute atomic E-state index is 3.48. The van der Waals surface area contributed by atoms with Gasteiger partial charge in [-0.1, -0.05) is 51.5 Å². The first kappa shape index (κ1) is 14.2. The highest BCUT2D eigenvalue weighted by Gasteiger charge is 2.05. The van der Waals surface area contributed by atoms with Crippen molar-refractivity contribution in [3.05, 3.63) is 35.4 Å². The molecular formula is C16H27N. The first-order valence-electron chi connectivity index (χ1n) is 7.07. The molecule has 17 heavy (non-hydrogen) atoms. The lowest BCUT2D eigenvalue weighted by Crippen LogP contribution is -2.17. The average molecular weight is 233 g/mol. The molecule has 96 valence electrons. The quantitative estimate of drug-likeness (QED) is 0.666. The Balaban J connectivity index is 2.44. The number of rotatable bonds is 8. The summed E-state index contributed by atoms with van der Waals surface area (Å²) in [6, 6.07) is 9.10. The average Bonchev–Trinajstić information content (AvgIpc) is 2.35. The lowest BCUT2D eigenvalue weighted by atomic mass is 9.95. The summed E-state index contributed by atoms with van der Waals surface area (Å²) in [4.78, 5) is 0. The van der Waals surface area contributed by atoms with Gasteiger partial charge in [0.05, 0.1) is 0 Å². The molecule has 0 amide bonds. The lowest BCUT2D eigenvalue weighted by molar-refractivity contribution is 0.590. The van der Waals surface area contributed by atoms with Gasteiger partial charge in [-0.05, 0) is 49.4 Å². The van der Waals surface area contributed by atoms with Crippen molar-refractivity contribution in [3.8, 4) is 0 Å². The summed E-state index contributed by atoms with van der Waals surface area (Å²) in [5, 5.41) is 3.48. The summed E-state index contributed by atoms with van der Waals surface area (Å²) in [5.74, 6) is 0.663. The highest BCUT2D eigenvalue weighted by molar-refractivity contribution is 5.26. The van der Waals surface area contributed by atoms with Crippen LogP contribution < -0.4 is 5.32 Å². The maximum Gasteiger partial charge on any atom is -0.00432 e. The molecule has 0 aliphatic carbocycles. The second-order valence-electron chi connectivity index (χ2n) is 4.93. The fourth-order valence-electron chi connectivity index (χ4n) is 2.13. The van der Waals surface area contributed by atoms with E-state index < -0.39 is 0 Å². The molecule has 0 radical (unpaired) electrons. The minimum atomic E-state index is 0.663. The molecular weight excluding hydrogens is 206 g/mol. The zero-order chi connectivity index (χ0) is 12.5. The predicted octanol–water partition coefficient (Wildman–Crippen LogP) is 4.13. The fourth-order valence-corrected chi connectivity index (χ4v) is 2.13. The number of hydrogen-bond acceptors (Lipinski definition) is 1. The van der Waals surface area contributed by atoms with E-state index in [1.807, 2.05) is 0 Å². The molecule has 0 aromatic heterocycles. The van der Waals surface area contributed by atoms with Crippen LogP contribution in [0.15, 0.2) is 24.3 Å². The van der Waals surface area contributed by atoms with E-state index in [4.69, 9.17) is 0 Å². The van der Waals surface area contributed by atoms with Gasteiger partial charge in [0.1, 0.15) is 0 Å². The Morgan fingerprint density at radius 2 is 1.94 bits per heavy atom. The van der Waals surface area contributed by atoms with E-state index in [2.05, 4.69) is 50.4 Å². The summed E-state index contributed by atoms with van der Waals surface area (Å²) >= 11 is 0. The van der Waals surface area contributed by atoms with Gasteiger partial charge in [0, 0.05) is 0 Å². The first-order chi connectivity index (χ1) is 8.27. The standard InChI is InChI=1S/C16H27N/c1-4-7-15-8-6-9-16(13-15)14(3)10-12-17-11-5-2/h6,8-9,13-14,17H,4-5,7,10-12H2,1-3H3. The second-order valence-corrected chi connectivity index (χ2v) is 4.93. The van der Waals surface area contributed by atoms with Gasteiger partial charge in [0.15, 0.2) is 0 Å². The van der Waals surface area contributed by atoms with Crippen LogP contribution in [0, 0.1) is 0 Å². The predicted molar refractivity (Wildman–Crippen MR) is 76.6 cm³/mol. The van der Waals surface area contributed by atoms with Crippen LogP contribution in [0.2, 0.25) is 0 Å². The normalized spacial score (nSPS) is 12.6. The minimum Gasteiger partial charge on any atom is -0.317 e. The highest BCUT2D eigenvalue weighted by Crippen LogP contribution is 2.20. The third-order valence-corrected chi connectivity index (χ3v) is 3.24. The summed E-state index contributed by atoms with van der Waals surface area (Å²) in [6.45, 7) is 9.06. The van der Waals surface area contributed by atoms with E-state index in [0.29, 0.717) is 5.92 Å². The third-order valence-electron chi connectivity index (χ3n) is 3.24. The van der Waals surface area contributed by atoms with Crippen LogP contribution in [0.25, 0.3) is 0 Å². The molecule has 1 atom stereocenters. The largest absolute Gasteiger partial charge is 0.317 e. The molecule has 0 saturated carbocycles. The van der Waals surface area contributed by atoms with Crippen LogP contribution in [-0.2, 0) is 6.42 Å². The molecule has 1 unspecified atom stereocenters. The summed E-state index contributed by atoms with van der Waals surface area (Å²) < 4.78 is 0. The van der Waals surface area contributed by atoms with Gasteiger partial charge in [-0.2, -0.15) is 0 Å². The van der Waals surface area contributed by atoms with Crippen LogP contribution in [0.1, 0.15) is 57.1 Å². The SMILES string of the molecule is CCCNCCC(C)c1cccc(CCC)c1. The van der Waals surface area contributed by atoms with E-state index >= 15 is 0 Å². The van der Waals surface area contributed by atoms with E-state index in [0.717, 1.165) is 13.1 Å². The Morgan fingerprint density at radius 3 is 2.65 bits per heavy atom. The molecule has 1 heteroatoms. The molecule has 1 N–H and O–H groups in total. The monoisotopic (exact) mass is 233 g/mol. The van der Waals surface area contributed by atoms with Gasteiger partial charge in [-0.25, -0.2) is 0 Å². The molecule has 1 aromatic carbocycles. The number of nitrogens with one attached hydrogen (secondary N) is 1. The molecule has 0 aliphatic heterocycles. The van der Waals surface area contributed by atoms with Crippen molar-refractivity contribution in [2.75, 3.05) is 13.1 Å². The molecule has 0 heterocycles. The lowest BCUT2D eigenvalue weighted by Gasteiger charge is -2.13. The third kappa shape index (κ3) is 5.36. The van der Waals surface area contributed by atoms with Gasteiger partial charge in [-0.3, -0.25) is 0 Å². The molecule has 1 aromatic rings.